The van der Waals surface area contributed by atoms with Crippen LogP contribution in [-0.4, -0.2) is 29.7 Å². The summed E-state index contributed by atoms with van der Waals surface area (Å²) in [5.74, 6) is 0.783. The summed E-state index contributed by atoms with van der Waals surface area (Å²) in [7, 11) is 0. The number of carbonyl (C=O) groups excluding carboxylic acids is 2. The van der Waals surface area contributed by atoms with Crippen molar-refractivity contribution in [2.45, 2.75) is 19.4 Å². The van der Waals surface area contributed by atoms with Crippen molar-refractivity contribution in [2.75, 3.05) is 11.9 Å². The van der Waals surface area contributed by atoms with Gasteiger partial charge in [-0.3, -0.25) is 10.1 Å². The van der Waals surface area contributed by atoms with Crippen molar-refractivity contribution < 1.29 is 14.1 Å². The van der Waals surface area contributed by atoms with Gasteiger partial charge in [0.2, 0.25) is 5.91 Å². The first kappa shape index (κ1) is 15.1. The van der Waals surface area contributed by atoms with Gasteiger partial charge < -0.3 is 15.2 Å². The zero-order valence-corrected chi connectivity index (χ0v) is 12.7. The lowest BCUT2D eigenvalue weighted by Gasteiger charge is -2.28. The van der Waals surface area contributed by atoms with Crippen molar-refractivity contribution in [3.05, 3.63) is 36.4 Å². The van der Waals surface area contributed by atoms with E-state index in [0.29, 0.717) is 18.1 Å². The van der Waals surface area contributed by atoms with E-state index in [1.165, 1.54) is 0 Å². The molecule has 0 saturated carbocycles. The molecule has 3 amide bonds. The maximum Gasteiger partial charge on any atom is 0.321 e. The summed E-state index contributed by atoms with van der Waals surface area (Å²) in [5.41, 5.74) is 0.869. The minimum atomic E-state index is -0.538. The molecule has 2 atom stereocenters. The molecule has 1 aliphatic heterocycles. The maximum absolute atomic E-state index is 12.0. The number of piperidine rings is 1. The van der Waals surface area contributed by atoms with Gasteiger partial charge >= 0.3 is 6.03 Å². The van der Waals surface area contributed by atoms with Crippen molar-refractivity contribution in [1.82, 2.24) is 15.8 Å². The number of amides is 3. The van der Waals surface area contributed by atoms with Gasteiger partial charge in [-0.1, -0.05) is 42.4 Å². The molecule has 3 rings (SSSR count). The van der Waals surface area contributed by atoms with Gasteiger partial charge in [-0.2, -0.15) is 0 Å². The molecule has 1 fully saturated rings. The third kappa shape index (κ3) is 3.50. The third-order valence-corrected chi connectivity index (χ3v) is 3.85. The SMILES string of the molecule is C[C@H]1CCNC(=O)[C@@H]1NC(=O)Nc1cc(-c2ccccc2)on1. The highest BCUT2D eigenvalue weighted by Gasteiger charge is 2.30. The summed E-state index contributed by atoms with van der Waals surface area (Å²) in [5, 5.41) is 11.8. The molecule has 0 bridgehead atoms. The molecule has 0 radical (unpaired) electrons. The Labute approximate surface area is 133 Å². The largest absolute Gasteiger partial charge is 0.354 e. The topological polar surface area (TPSA) is 96.3 Å². The van der Waals surface area contributed by atoms with Crippen LogP contribution < -0.4 is 16.0 Å². The molecular formula is C16H18N4O3. The highest BCUT2D eigenvalue weighted by Crippen LogP contribution is 2.22. The summed E-state index contributed by atoms with van der Waals surface area (Å²) in [6.07, 6.45) is 0.832. The number of carbonyl (C=O) groups is 2. The molecule has 1 aliphatic rings. The maximum atomic E-state index is 12.0. The van der Waals surface area contributed by atoms with Crippen molar-refractivity contribution in [3.8, 4) is 11.3 Å². The number of rotatable bonds is 3. The number of urea groups is 1. The van der Waals surface area contributed by atoms with E-state index in [4.69, 9.17) is 4.52 Å². The van der Waals surface area contributed by atoms with Gasteiger partial charge in [-0.25, -0.2) is 4.79 Å². The standard InChI is InChI=1S/C16H18N4O3/c1-10-7-8-17-15(21)14(10)19-16(22)18-13-9-12(23-20-13)11-5-3-2-4-6-11/h2-6,9-10,14H,7-8H2,1H3,(H,17,21)(H2,18,19,20,22)/t10-,14+/m0/s1. The van der Waals surface area contributed by atoms with Crippen molar-refractivity contribution in [2.24, 2.45) is 5.92 Å². The summed E-state index contributed by atoms with van der Waals surface area (Å²) in [4.78, 5) is 23.8. The van der Waals surface area contributed by atoms with Crippen LogP contribution in [0.1, 0.15) is 13.3 Å². The summed E-state index contributed by atoms with van der Waals surface area (Å²) >= 11 is 0. The average molecular weight is 314 g/mol. The molecule has 7 heteroatoms. The lowest BCUT2D eigenvalue weighted by Crippen LogP contribution is -2.55. The molecule has 1 aromatic heterocycles. The molecule has 3 N–H and O–H groups in total. The lowest BCUT2D eigenvalue weighted by molar-refractivity contribution is -0.125. The smallest absolute Gasteiger partial charge is 0.321 e. The third-order valence-electron chi connectivity index (χ3n) is 3.85. The van der Waals surface area contributed by atoms with E-state index in [9.17, 15) is 9.59 Å². The Morgan fingerprint density at radius 2 is 2.13 bits per heavy atom. The minimum absolute atomic E-state index is 0.0895. The van der Waals surface area contributed by atoms with E-state index in [-0.39, 0.29) is 11.8 Å². The Bertz CT molecular complexity index is 698. The van der Waals surface area contributed by atoms with Crippen LogP contribution in [0.5, 0.6) is 0 Å². The van der Waals surface area contributed by atoms with Crippen LogP contribution in [0.3, 0.4) is 0 Å². The molecule has 1 saturated heterocycles. The van der Waals surface area contributed by atoms with Crippen molar-refractivity contribution in [1.29, 1.82) is 0 Å². The zero-order chi connectivity index (χ0) is 16.2. The van der Waals surface area contributed by atoms with Crippen LogP contribution >= 0.6 is 0 Å². The molecule has 0 unspecified atom stereocenters. The van der Waals surface area contributed by atoms with Gasteiger partial charge in [-0.05, 0) is 12.3 Å². The van der Waals surface area contributed by atoms with Crippen LogP contribution in [-0.2, 0) is 4.79 Å². The average Bonchev–Trinajstić information content (AvgIpc) is 3.00. The van der Waals surface area contributed by atoms with Crippen LogP contribution in [0, 0.1) is 5.92 Å². The second kappa shape index (κ2) is 6.51. The van der Waals surface area contributed by atoms with Gasteiger partial charge in [0.05, 0.1) is 0 Å². The molecule has 23 heavy (non-hydrogen) atoms. The predicted octanol–water partition coefficient (Wildman–Crippen LogP) is 1.99. The molecule has 2 heterocycles. The van der Waals surface area contributed by atoms with Crippen LogP contribution in [0.25, 0.3) is 11.3 Å². The second-order valence-corrected chi connectivity index (χ2v) is 5.58. The molecule has 120 valence electrons. The van der Waals surface area contributed by atoms with E-state index in [2.05, 4.69) is 21.1 Å². The van der Waals surface area contributed by atoms with E-state index in [0.717, 1.165) is 12.0 Å². The zero-order valence-electron chi connectivity index (χ0n) is 12.7. The van der Waals surface area contributed by atoms with E-state index in [1.54, 1.807) is 6.07 Å². The van der Waals surface area contributed by atoms with Crippen LogP contribution in [0.15, 0.2) is 40.9 Å². The number of anilines is 1. The van der Waals surface area contributed by atoms with Crippen molar-refractivity contribution in [3.63, 3.8) is 0 Å². The molecule has 1 aromatic carbocycles. The minimum Gasteiger partial charge on any atom is -0.354 e. The molecule has 7 nitrogen and oxygen atoms in total. The number of hydrogen-bond acceptors (Lipinski definition) is 4. The number of nitrogens with zero attached hydrogens (tertiary/aromatic N) is 1. The van der Waals surface area contributed by atoms with Gasteiger partial charge in [-0.15, -0.1) is 0 Å². The normalized spacial score (nSPS) is 20.7. The van der Waals surface area contributed by atoms with E-state index in [1.807, 2.05) is 37.3 Å². The van der Waals surface area contributed by atoms with E-state index >= 15 is 0 Å². The lowest BCUT2D eigenvalue weighted by atomic mass is 9.94. The molecule has 0 spiro atoms. The second-order valence-electron chi connectivity index (χ2n) is 5.58. The molecular weight excluding hydrogens is 296 g/mol. The number of hydrogen-bond donors (Lipinski definition) is 3. The predicted molar refractivity (Wildman–Crippen MR) is 84.7 cm³/mol. The van der Waals surface area contributed by atoms with Gasteiger partial charge in [0.1, 0.15) is 6.04 Å². The quantitative estimate of drug-likeness (QED) is 0.807. The monoisotopic (exact) mass is 314 g/mol. The summed E-state index contributed by atoms with van der Waals surface area (Å²) in [6, 6.07) is 10.1. The van der Waals surface area contributed by atoms with Crippen LogP contribution in [0.2, 0.25) is 0 Å². The van der Waals surface area contributed by atoms with Crippen molar-refractivity contribution >= 4 is 17.8 Å². The Balaban J connectivity index is 1.62. The van der Waals surface area contributed by atoms with Gasteiger partial charge in [0.25, 0.3) is 0 Å². The number of benzene rings is 1. The number of aromatic nitrogens is 1. The first-order valence-electron chi connectivity index (χ1n) is 7.51. The van der Waals surface area contributed by atoms with E-state index < -0.39 is 12.1 Å². The Hall–Kier alpha value is -2.83. The van der Waals surface area contributed by atoms with Crippen LogP contribution in [0.4, 0.5) is 10.6 Å². The summed E-state index contributed by atoms with van der Waals surface area (Å²) in [6.45, 7) is 2.58. The Morgan fingerprint density at radius 3 is 2.87 bits per heavy atom. The summed E-state index contributed by atoms with van der Waals surface area (Å²) < 4.78 is 5.21. The molecule has 2 aromatic rings. The Kier molecular flexibility index (Phi) is 4.27. The number of nitrogens with one attached hydrogen (secondary N) is 3. The fourth-order valence-corrected chi connectivity index (χ4v) is 2.53. The highest BCUT2D eigenvalue weighted by atomic mass is 16.5. The van der Waals surface area contributed by atoms with Gasteiger partial charge in [0, 0.05) is 18.2 Å². The molecule has 0 aliphatic carbocycles. The fourth-order valence-electron chi connectivity index (χ4n) is 2.53. The fraction of sp³-hybridized carbons (Fsp3) is 0.312. The highest BCUT2D eigenvalue weighted by molar-refractivity contribution is 5.93. The first-order valence-corrected chi connectivity index (χ1v) is 7.51. The first-order chi connectivity index (χ1) is 11.1. The van der Waals surface area contributed by atoms with Gasteiger partial charge in [0.15, 0.2) is 11.6 Å². The Morgan fingerprint density at radius 1 is 1.35 bits per heavy atom.